The fraction of sp³-hybridized carbons (Fsp3) is 0. The van der Waals surface area contributed by atoms with Crippen LogP contribution in [0.25, 0.3) is 0 Å². The van der Waals surface area contributed by atoms with Crippen LogP contribution in [0, 0.1) is 40.4 Å². The van der Waals surface area contributed by atoms with E-state index in [2.05, 4.69) is 0 Å². The molecule has 6 heavy (non-hydrogen) atoms. The Labute approximate surface area is 66.9 Å². The molecule has 0 rings (SSSR count). The van der Waals surface area contributed by atoms with Gasteiger partial charge in [0.25, 0.3) is 0 Å². The van der Waals surface area contributed by atoms with Crippen molar-refractivity contribution in [2.45, 2.75) is 0 Å². The summed E-state index contributed by atoms with van der Waals surface area (Å²) < 4.78 is 8.88. The molecule has 0 aromatic rings. The van der Waals surface area contributed by atoms with Crippen LogP contribution in [0.15, 0.2) is 0 Å². The molecule has 0 saturated heterocycles. The van der Waals surface area contributed by atoms with Crippen LogP contribution >= 0.6 is 7.82 Å². The summed E-state index contributed by atoms with van der Waals surface area (Å²) in [6, 6.07) is 0. The topological polar surface area (TPSA) is 77.8 Å². The number of rotatable bonds is 0. The zero-order chi connectivity index (χ0) is 4.50. The smallest absolute Gasteiger partial charge is 0.303 e. The van der Waals surface area contributed by atoms with Gasteiger partial charge in [-0.3, -0.25) is 0 Å². The van der Waals surface area contributed by atoms with Crippen molar-refractivity contribution in [2.24, 2.45) is 0 Å². The van der Waals surface area contributed by atoms with E-state index >= 15 is 0 Å². The molecule has 0 atom stereocenters. The molecule has 0 heterocycles. The third-order valence-electron chi connectivity index (χ3n) is 0. The van der Waals surface area contributed by atoms with Gasteiger partial charge in [0.15, 0.2) is 0 Å². The summed E-state index contributed by atoms with van der Waals surface area (Å²) in [6.07, 6.45) is 0. The van der Waals surface area contributed by atoms with Crippen LogP contribution in [0.3, 0.4) is 0 Å². The monoisotopic (exact) mass is 243 g/mol. The van der Waals surface area contributed by atoms with Crippen molar-refractivity contribution < 1.29 is 59.6 Å². The molecule has 0 fully saturated rings. The first-order valence-corrected chi connectivity index (χ1v) is 2.35. The van der Waals surface area contributed by atoms with E-state index in [1.165, 1.54) is 0 Å². The van der Waals surface area contributed by atoms with Crippen molar-refractivity contribution in [3.8, 4) is 0 Å². The van der Waals surface area contributed by atoms with Crippen molar-refractivity contribution in [1.82, 2.24) is 0 Å². The Morgan fingerprint density at radius 2 is 1.17 bits per heavy atom. The van der Waals surface area contributed by atoms with E-state index in [0.717, 1.165) is 0 Å². The van der Waals surface area contributed by atoms with Crippen LogP contribution in [0.2, 0.25) is 0 Å². The van der Waals surface area contributed by atoms with E-state index in [9.17, 15) is 0 Å². The van der Waals surface area contributed by atoms with Crippen LogP contribution in [0.1, 0.15) is 0 Å². The predicted octanol–water partition coefficient (Wildman–Crippen LogP) is -0.929. The van der Waals surface area contributed by atoms with Gasteiger partial charge in [-0.1, -0.05) is 0 Å². The summed E-state index contributed by atoms with van der Waals surface area (Å²) in [4.78, 5) is 21.6. The van der Waals surface area contributed by atoms with Crippen molar-refractivity contribution >= 4 is 7.82 Å². The summed E-state index contributed by atoms with van der Waals surface area (Å²) in [5.41, 5.74) is 0. The predicted molar refractivity (Wildman–Crippen MR) is 14.3 cm³/mol. The maximum atomic E-state index is 8.88. The summed E-state index contributed by atoms with van der Waals surface area (Å²) in [7, 11) is -4.64. The number of phosphoric acid groups is 1. The maximum Gasteiger partial charge on any atom is 0.466 e. The van der Waals surface area contributed by atoms with Crippen molar-refractivity contribution in [1.29, 1.82) is 0 Å². The fourth-order valence-electron chi connectivity index (χ4n) is 0. The van der Waals surface area contributed by atoms with Gasteiger partial charge in [0.1, 0.15) is 0 Å². The Hall–Kier alpha value is 1.45. The van der Waals surface area contributed by atoms with Gasteiger partial charge in [0.05, 0.1) is 0 Å². The average Bonchev–Trinajstić information content (AvgIpc) is 0.722. The van der Waals surface area contributed by atoms with Crippen LogP contribution in [-0.2, 0) is 4.57 Å². The molecule has 0 bridgehead atoms. The zero-order valence-corrected chi connectivity index (χ0v) is 6.41. The van der Waals surface area contributed by atoms with Gasteiger partial charge in [-0.25, -0.2) is 4.57 Å². The minimum absolute atomic E-state index is 0. The standard InChI is InChI=1S/H3O4P.Pm/c1-5(2,3)4;/h(H3,1,2,3,4);. The van der Waals surface area contributed by atoms with E-state index in [-0.39, 0.29) is 40.4 Å². The second-order valence-electron chi connectivity index (χ2n) is 0.513. The van der Waals surface area contributed by atoms with E-state index in [1.807, 2.05) is 0 Å². The molecule has 0 aliphatic carbocycles. The molecule has 4 nitrogen and oxygen atoms in total. The van der Waals surface area contributed by atoms with Gasteiger partial charge >= 0.3 is 7.82 Å². The molecule has 0 aromatic carbocycles. The Kier molecular flexibility index (Phi) is 6.00. The van der Waals surface area contributed by atoms with Crippen molar-refractivity contribution in [3.05, 3.63) is 0 Å². The number of hydrogen-bond donors (Lipinski definition) is 3. The molecule has 0 aromatic heterocycles. The van der Waals surface area contributed by atoms with Crippen LogP contribution in [0.5, 0.6) is 0 Å². The molecule has 0 aliphatic heterocycles. The quantitative estimate of drug-likeness (QED) is 0.480. The normalized spacial score (nSPS) is 9.83. The van der Waals surface area contributed by atoms with E-state index < -0.39 is 7.82 Å². The molecule has 0 amide bonds. The Morgan fingerprint density at radius 3 is 1.17 bits per heavy atom. The molecule has 3 N–H and O–H groups in total. The van der Waals surface area contributed by atoms with Gasteiger partial charge in [-0.2, -0.15) is 0 Å². The van der Waals surface area contributed by atoms with Crippen LogP contribution in [-0.4, -0.2) is 14.7 Å². The zero-order valence-electron chi connectivity index (χ0n) is 2.64. The molecule has 0 unspecified atom stereocenters. The SMILES string of the molecule is O=P(O)(O)O.[Pm]. The first kappa shape index (κ1) is 10.4. The first-order chi connectivity index (χ1) is 2.00. The molecule has 0 spiro atoms. The van der Waals surface area contributed by atoms with Gasteiger partial charge in [-0.15, -0.1) is 0 Å². The third-order valence-corrected chi connectivity index (χ3v) is 0. The summed E-state index contributed by atoms with van der Waals surface area (Å²) in [5.74, 6) is 0. The third kappa shape index (κ3) is 51.4. The molecule has 0 aliphatic rings. The minimum atomic E-state index is -4.64. The van der Waals surface area contributed by atoms with Crippen LogP contribution in [0.4, 0.5) is 0 Å². The van der Waals surface area contributed by atoms with E-state index in [4.69, 9.17) is 19.2 Å². The Morgan fingerprint density at radius 1 is 1.17 bits per heavy atom. The summed E-state index contributed by atoms with van der Waals surface area (Å²) in [6.45, 7) is 0. The Bertz CT molecular complexity index is 53.7. The molecule has 37 valence electrons. The van der Waals surface area contributed by atoms with E-state index in [1.54, 1.807) is 0 Å². The average molecular weight is 243 g/mol. The van der Waals surface area contributed by atoms with Gasteiger partial charge in [0, 0.05) is 40.4 Å². The first-order valence-electron chi connectivity index (χ1n) is 0.783. The van der Waals surface area contributed by atoms with Crippen LogP contribution < -0.4 is 0 Å². The van der Waals surface area contributed by atoms with E-state index in [0.29, 0.717) is 0 Å². The Balaban J connectivity index is 0. The van der Waals surface area contributed by atoms with Crippen molar-refractivity contribution in [2.75, 3.05) is 0 Å². The van der Waals surface area contributed by atoms with Gasteiger partial charge in [-0.05, 0) is 0 Å². The van der Waals surface area contributed by atoms with Gasteiger partial charge in [0.2, 0.25) is 0 Å². The second-order valence-corrected chi connectivity index (χ2v) is 1.54. The summed E-state index contributed by atoms with van der Waals surface area (Å²) in [5, 5.41) is 0. The van der Waals surface area contributed by atoms with Crippen molar-refractivity contribution in [3.63, 3.8) is 0 Å². The second kappa shape index (κ2) is 3.45. The van der Waals surface area contributed by atoms with Gasteiger partial charge < -0.3 is 14.7 Å². The molecular weight excluding hydrogens is 240 g/mol. The molecule has 1 radical (unpaired) electrons. The number of hydrogen-bond acceptors (Lipinski definition) is 1. The molecular formula is H3O4PPm. The fourth-order valence-corrected chi connectivity index (χ4v) is 0. The molecule has 6 heteroatoms. The minimum Gasteiger partial charge on any atom is -0.303 e. The summed E-state index contributed by atoms with van der Waals surface area (Å²) >= 11 is 0. The maximum absolute atomic E-state index is 8.88. The largest absolute Gasteiger partial charge is 0.466 e. The molecule has 0 saturated carbocycles.